The molecule has 1 aliphatic rings. The predicted molar refractivity (Wildman–Crippen MR) is 150 cm³/mol. The molecule has 2 aromatic heterocycles. The van der Waals surface area contributed by atoms with Crippen molar-refractivity contribution in [3.63, 3.8) is 0 Å². The monoisotopic (exact) mass is 608 g/mol. The maximum absolute atomic E-state index is 13.8. The minimum Gasteiger partial charge on any atom is -0.462 e. The predicted octanol–water partition coefficient (Wildman–Crippen LogP) is 1.60. The maximum Gasteiger partial charge on any atom is 0.459 e. The van der Waals surface area contributed by atoms with Gasteiger partial charge in [-0.1, -0.05) is 24.1 Å². The number of nitrogens with one attached hydrogen (secondary N) is 2. The first-order chi connectivity index (χ1) is 19.4. The van der Waals surface area contributed by atoms with E-state index in [1.165, 1.54) is 23.8 Å². The molecule has 4 rings (SSSR count). The summed E-state index contributed by atoms with van der Waals surface area (Å²) < 4.78 is 37.8. The Kier molecular flexibility index (Phi) is 9.10. The minimum absolute atomic E-state index is 0.119. The highest BCUT2D eigenvalue weighted by atomic mass is 35.5. The number of aromatic nitrogens is 3. The summed E-state index contributed by atoms with van der Waals surface area (Å²) in [6.45, 7) is 4.25. The number of esters is 1. The second kappa shape index (κ2) is 12.2. The van der Waals surface area contributed by atoms with Gasteiger partial charge in [-0.15, -0.1) is 0 Å². The van der Waals surface area contributed by atoms with Crippen LogP contribution in [0.1, 0.15) is 27.0 Å². The zero-order chi connectivity index (χ0) is 29.9. The number of benzene rings is 1. The van der Waals surface area contributed by atoms with E-state index in [0.717, 1.165) is 0 Å². The van der Waals surface area contributed by atoms with E-state index in [1.807, 2.05) is 0 Å². The van der Waals surface area contributed by atoms with Crippen molar-refractivity contribution >= 4 is 42.3 Å². The number of nitrogen functional groups attached to an aromatic ring is 1. The van der Waals surface area contributed by atoms with E-state index in [2.05, 4.69) is 26.4 Å². The molecule has 1 fully saturated rings. The highest BCUT2D eigenvalue weighted by Crippen LogP contribution is 2.47. The molecule has 7 N–H and O–H groups in total. The molecule has 41 heavy (non-hydrogen) atoms. The van der Waals surface area contributed by atoms with Crippen molar-refractivity contribution in [2.75, 3.05) is 12.3 Å². The molecule has 14 nitrogen and oxygen atoms in total. The van der Waals surface area contributed by atoms with Gasteiger partial charge >= 0.3 is 13.7 Å². The van der Waals surface area contributed by atoms with Gasteiger partial charge in [0.25, 0.3) is 5.56 Å². The maximum atomic E-state index is 13.8. The number of rotatable bonds is 10. The third-order valence-corrected chi connectivity index (χ3v) is 7.84. The van der Waals surface area contributed by atoms with E-state index in [-0.39, 0.29) is 22.7 Å². The summed E-state index contributed by atoms with van der Waals surface area (Å²) in [5, 5.41) is 16.1. The highest BCUT2D eigenvalue weighted by molar-refractivity contribution is 7.52. The van der Waals surface area contributed by atoms with Gasteiger partial charge in [0.05, 0.1) is 18.1 Å². The van der Waals surface area contributed by atoms with Gasteiger partial charge in [-0.05, 0) is 50.6 Å². The molecule has 2 unspecified atom stereocenters. The number of nitrogens with two attached hydrogens (primary N) is 2. The Morgan fingerprint density at radius 3 is 2.71 bits per heavy atom. The van der Waals surface area contributed by atoms with Crippen LogP contribution in [0.15, 0.2) is 47.4 Å². The third-order valence-electron chi connectivity index (χ3n) is 6.10. The van der Waals surface area contributed by atoms with Crippen LogP contribution in [0, 0.1) is 11.3 Å². The van der Waals surface area contributed by atoms with Crippen LogP contribution in [-0.2, 0) is 23.4 Å². The summed E-state index contributed by atoms with van der Waals surface area (Å²) in [4.78, 5) is 31.3. The summed E-state index contributed by atoms with van der Waals surface area (Å²) in [7, 11) is -4.29. The van der Waals surface area contributed by atoms with Gasteiger partial charge in [0, 0.05) is 11.6 Å². The number of carbonyl (C=O) groups is 1. The average Bonchev–Trinajstić information content (AvgIpc) is 3.42. The van der Waals surface area contributed by atoms with E-state index >= 15 is 0 Å². The molecular weight excluding hydrogens is 579 g/mol. The fourth-order valence-corrected chi connectivity index (χ4v) is 5.87. The highest BCUT2D eigenvalue weighted by Gasteiger charge is 2.55. The molecule has 1 saturated heterocycles. The Labute approximate surface area is 239 Å². The molecule has 0 saturated carbocycles. The van der Waals surface area contributed by atoms with E-state index in [9.17, 15) is 19.3 Å². The fourth-order valence-electron chi connectivity index (χ4n) is 4.21. The van der Waals surface area contributed by atoms with Gasteiger partial charge in [0.2, 0.25) is 5.95 Å². The van der Waals surface area contributed by atoms with Crippen molar-refractivity contribution in [2.45, 2.75) is 56.9 Å². The van der Waals surface area contributed by atoms with Crippen LogP contribution in [0.4, 0.5) is 5.95 Å². The summed E-state index contributed by atoms with van der Waals surface area (Å²) in [6, 6.07) is 8.52. The van der Waals surface area contributed by atoms with Crippen LogP contribution in [0.3, 0.4) is 0 Å². The summed E-state index contributed by atoms with van der Waals surface area (Å²) in [5.74, 6) is 1.91. The number of fused-ring (bicyclic) bond motifs is 1. The van der Waals surface area contributed by atoms with Gasteiger partial charge in [0.1, 0.15) is 24.0 Å². The van der Waals surface area contributed by atoms with Crippen molar-refractivity contribution in [1.82, 2.24) is 19.6 Å². The third kappa shape index (κ3) is 6.58. The van der Waals surface area contributed by atoms with E-state index < -0.39 is 62.0 Å². The van der Waals surface area contributed by atoms with Crippen LogP contribution in [-0.4, -0.2) is 62.1 Å². The number of carbonyl (C=O) groups excluding carboxylic acids is 1. The molecule has 0 aliphatic carbocycles. The minimum atomic E-state index is -4.29. The SMILES string of the molecule is CC(C)OC(=O)[C@H](C)NP(=O)(OC[C@H]1O[C@@H](n2ccc3c(=O)[nH]c(N)nc32)C(N)(C#CCl)[C@H]1O)Oc1ccccc1. The largest absolute Gasteiger partial charge is 0.462 e. The van der Waals surface area contributed by atoms with Gasteiger partial charge in [-0.25, -0.2) is 4.57 Å². The standard InChI is InChI=1S/C25H30ClN6O8P/c1-14(2)38-22(35)15(3)31-41(36,40-16-7-5-4-6-8-16)37-13-18-19(33)25(28,10-11-26)23(39-18)32-12-9-17-20(32)29-24(27)30-21(17)34/h4-9,12,14-15,18-19,23,33H,13,28H2,1-3H3,(H,31,36)(H3,27,29,30,34)/t15-,18+,19-,23+,25?,41?/m0/s1. The quantitative estimate of drug-likeness (QED) is 0.126. The number of halogens is 1. The molecule has 1 aromatic carbocycles. The van der Waals surface area contributed by atoms with Crippen molar-refractivity contribution in [2.24, 2.45) is 5.73 Å². The molecule has 6 atom stereocenters. The Balaban J connectivity index is 1.62. The van der Waals surface area contributed by atoms with E-state index in [1.54, 1.807) is 44.2 Å². The Hall–Kier alpha value is -3.41. The zero-order valence-electron chi connectivity index (χ0n) is 22.3. The topological polar surface area (TPSA) is 206 Å². The number of aliphatic hydroxyl groups excluding tert-OH is 1. The van der Waals surface area contributed by atoms with Gasteiger partial charge in [-0.3, -0.25) is 19.1 Å². The Morgan fingerprint density at radius 2 is 2.05 bits per heavy atom. The second-order valence-electron chi connectivity index (χ2n) is 9.57. The number of ether oxygens (including phenoxy) is 2. The van der Waals surface area contributed by atoms with Crippen molar-refractivity contribution in [3.05, 3.63) is 52.9 Å². The van der Waals surface area contributed by atoms with Crippen molar-refractivity contribution in [3.8, 4) is 17.0 Å². The van der Waals surface area contributed by atoms with Gasteiger partial charge in [-0.2, -0.15) is 10.1 Å². The normalized spacial score (nSPS) is 24.4. The number of anilines is 1. The molecule has 0 bridgehead atoms. The molecule has 0 radical (unpaired) electrons. The number of hydrogen-bond acceptors (Lipinski definition) is 11. The number of aliphatic hydroxyl groups is 1. The summed E-state index contributed by atoms with van der Waals surface area (Å²) in [5.41, 5.74) is 10.0. The zero-order valence-corrected chi connectivity index (χ0v) is 24.0. The lowest BCUT2D eigenvalue weighted by molar-refractivity contribution is -0.149. The molecular formula is C25H30ClN6O8P. The number of H-pyrrole nitrogens is 1. The average molecular weight is 609 g/mol. The number of para-hydroxylation sites is 1. The van der Waals surface area contributed by atoms with Crippen LogP contribution < -0.4 is 26.6 Å². The molecule has 3 heterocycles. The van der Waals surface area contributed by atoms with Crippen LogP contribution in [0.25, 0.3) is 11.0 Å². The Bertz CT molecular complexity index is 1570. The summed E-state index contributed by atoms with van der Waals surface area (Å²) in [6.07, 6.45) is -2.94. The first-order valence-corrected chi connectivity index (χ1v) is 14.4. The number of hydrogen-bond donors (Lipinski definition) is 5. The van der Waals surface area contributed by atoms with E-state index in [0.29, 0.717) is 0 Å². The smallest absolute Gasteiger partial charge is 0.459 e. The molecule has 3 aromatic rings. The second-order valence-corrected chi connectivity index (χ2v) is 11.5. The lowest BCUT2D eigenvalue weighted by Crippen LogP contribution is -2.53. The number of nitrogens with zero attached hydrogens (tertiary/aromatic N) is 2. The molecule has 220 valence electrons. The molecule has 0 spiro atoms. The molecule has 1 aliphatic heterocycles. The first-order valence-electron chi connectivity index (χ1n) is 12.5. The first kappa shape index (κ1) is 30.5. The van der Waals surface area contributed by atoms with Gasteiger partial charge < -0.3 is 35.1 Å². The lowest BCUT2D eigenvalue weighted by Gasteiger charge is -2.28. The summed E-state index contributed by atoms with van der Waals surface area (Å²) >= 11 is 5.69. The number of aromatic amines is 1. The van der Waals surface area contributed by atoms with Crippen molar-refractivity contribution < 1.29 is 33.0 Å². The Morgan fingerprint density at radius 1 is 1.34 bits per heavy atom. The van der Waals surface area contributed by atoms with E-state index in [4.69, 9.17) is 41.6 Å². The van der Waals surface area contributed by atoms with Crippen LogP contribution in [0.2, 0.25) is 0 Å². The van der Waals surface area contributed by atoms with Crippen LogP contribution >= 0.6 is 19.3 Å². The van der Waals surface area contributed by atoms with Gasteiger partial charge in [0.15, 0.2) is 17.4 Å². The molecule has 0 amide bonds. The fraction of sp³-hybridized carbons (Fsp3) is 0.400. The van der Waals surface area contributed by atoms with Crippen molar-refractivity contribution in [1.29, 1.82) is 0 Å². The molecule has 16 heteroatoms. The van der Waals surface area contributed by atoms with Crippen LogP contribution in [0.5, 0.6) is 5.75 Å². The lowest BCUT2D eigenvalue weighted by atomic mass is 9.92.